The SMILES string of the molecule is CNC(C)c1csc(NC(=O)C2CCS(=O)(=O)C2)n1. The molecule has 1 amide bonds. The standard InChI is InChI=1S/C11H17N3O3S2/c1-7(12-2)9-5-18-11(13-9)14-10(15)8-3-4-19(16,17)6-8/h5,7-8,12H,3-4,6H2,1-2H3,(H,13,14,15). The molecule has 0 spiro atoms. The lowest BCUT2D eigenvalue weighted by Gasteiger charge is -2.07. The molecule has 1 aliphatic heterocycles. The van der Waals surface area contributed by atoms with Crippen LogP contribution in [0.4, 0.5) is 5.13 Å². The average Bonchev–Trinajstić information content (AvgIpc) is 2.94. The van der Waals surface area contributed by atoms with Crippen LogP contribution in [-0.2, 0) is 14.6 Å². The van der Waals surface area contributed by atoms with Crippen LogP contribution in [0.15, 0.2) is 5.38 Å². The molecule has 0 aromatic carbocycles. The zero-order valence-electron chi connectivity index (χ0n) is 10.8. The molecule has 1 fully saturated rings. The largest absolute Gasteiger partial charge is 0.312 e. The second-order valence-corrected chi connectivity index (χ2v) is 7.76. The predicted octanol–water partition coefficient (Wildman–Crippen LogP) is 0.797. The Labute approximate surface area is 116 Å². The fraction of sp³-hybridized carbons (Fsp3) is 0.636. The van der Waals surface area contributed by atoms with E-state index in [1.54, 1.807) is 0 Å². The summed E-state index contributed by atoms with van der Waals surface area (Å²) >= 11 is 1.35. The first-order chi connectivity index (χ1) is 8.91. The van der Waals surface area contributed by atoms with Crippen LogP contribution in [0.1, 0.15) is 25.1 Å². The van der Waals surface area contributed by atoms with Gasteiger partial charge in [0.15, 0.2) is 15.0 Å². The summed E-state index contributed by atoms with van der Waals surface area (Å²) in [6.07, 6.45) is 0.402. The third-order valence-electron chi connectivity index (χ3n) is 3.23. The Bertz CT molecular complexity index is 567. The van der Waals surface area contributed by atoms with E-state index >= 15 is 0 Å². The van der Waals surface area contributed by atoms with Crippen molar-refractivity contribution in [1.29, 1.82) is 0 Å². The lowest BCUT2D eigenvalue weighted by atomic mass is 10.1. The van der Waals surface area contributed by atoms with Gasteiger partial charge in [-0.3, -0.25) is 4.79 Å². The zero-order valence-corrected chi connectivity index (χ0v) is 12.5. The van der Waals surface area contributed by atoms with E-state index in [1.165, 1.54) is 11.3 Å². The Morgan fingerprint density at radius 2 is 2.32 bits per heavy atom. The Kier molecular flexibility index (Phi) is 4.22. The minimum atomic E-state index is -3.03. The third-order valence-corrected chi connectivity index (χ3v) is 5.78. The van der Waals surface area contributed by atoms with Crippen LogP contribution in [0.2, 0.25) is 0 Å². The van der Waals surface area contributed by atoms with Gasteiger partial charge in [-0.15, -0.1) is 11.3 Å². The number of nitrogens with one attached hydrogen (secondary N) is 2. The molecule has 1 aliphatic rings. The third kappa shape index (κ3) is 3.52. The van der Waals surface area contributed by atoms with E-state index in [0.29, 0.717) is 11.6 Å². The summed E-state index contributed by atoms with van der Waals surface area (Å²) < 4.78 is 22.7. The number of anilines is 1. The molecular formula is C11H17N3O3S2. The van der Waals surface area contributed by atoms with Gasteiger partial charge in [0.2, 0.25) is 5.91 Å². The van der Waals surface area contributed by atoms with Gasteiger partial charge in [0.1, 0.15) is 0 Å². The Morgan fingerprint density at radius 3 is 2.89 bits per heavy atom. The van der Waals surface area contributed by atoms with Crippen molar-refractivity contribution < 1.29 is 13.2 Å². The highest BCUT2D eigenvalue weighted by molar-refractivity contribution is 7.91. The monoisotopic (exact) mass is 303 g/mol. The van der Waals surface area contributed by atoms with E-state index in [2.05, 4.69) is 15.6 Å². The first-order valence-corrected chi connectivity index (χ1v) is 8.75. The molecule has 0 bridgehead atoms. The predicted molar refractivity (Wildman–Crippen MR) is 75.0 cm³/mol. The number of carbonyl (C=O) groups excluding carboxylic acids is 1. The van der Waals surface area contributed by atoms with E-state index in [-0.39, 0.29) is 23.5 Å². The molecule has 2 heterocycles. The molecule has 2 unspecified atom stereocenters. The second kappa shape index (κ2) is 5.56. The molecule has 1 aromatic rings. The summed E-state index contributed by atoms with van der Waals surface area (Å²) in [4.78, 5) is 16.2. The number of carbonyl (C=O) groups is 1. The average molecular weight is 303 g/mol. The molecule has 1 saturated heterocycles. The molecule has 2 atom stereocenters. The van der Waals surface area contributed by atoms with E-state index < -0.39 is 15.8 Å². The van der Waals surface area contributed by atoms with Crippen LogP contribution in [0.25, 0.3) is 0 Å². The van der Waals surface area contributed by atoms with Crippen LogP contribution in [0, 0.1) is 5.92 Å². The summed E-state index contributed by atoms with van der Waals surface area (Å²) in [5.41, 5.74) is 0.863. The van der Waals surface area contributed by atoms with E-state index in [1.807, 2.05) is 19.4 Å². The molecule has 0 radical (unpaired) electrons. The van der Waals surface area contributed by atoms with Gasteiger partial charge in [-0.2, -0.15) is 0 Å². The summed E-state index contributed by atoms with van der Waals surface area (Å²) in [6.45, 7) is 1.98. The molecule has 1 aromatic heterocycles. The lowest BCUT2D eigenvalue weighted by molar-refractivity contribution is -0.119. The molecule has 0 saturated carbocycles. The number of thiazole rings is 1. The maximum Gasteiger partial charge on any atom is 0.230 e. The van der Waals surface area contributed by atoms with Crippen molar-refractivity contribution in [3.63, 3.8) is 0 Å². The molecule has 2 N–H and O–H groups in total. The van der Waals surface area contributed by atoms with Crippen LogP contribution in [-0.4, -0.2) is 37.9 Å². The highest BCUT2D eigenvalue weighted by atomic mass is 32.2. The van der Waals surface area contributed by atoms with Gasteiger partial charge >= 0.3 is 0 Å². The van der Waals surface area contributed by atoms with E-state index in [0.717, 1.165) is 5.69 Å². The Morgan fingerprint density at radius 1 is 1.58 bits per heavy atom. The fourth-order valence-electron chi connectivity index (χ4n) is 1.90. The van der Waals surface area contributed by atoms with Gasteiger partial charge < -0.3 is 10.6 Å². The van der Waals surface area contributed by atoms with Crippen molar-refractivity contribution in [3.8, 4) is 0 Å². The van der Waals surface area contributed by atoms with Gasteiger partial charge in [-0.25, -0.2) is 13.4 Å². The Balaban J connectivity index is 1.98. The number of aromatic nitrogens is 1. The number of rotatable bonds is 4. The zero-order chi connectivity index (χ0) is 14.0. The molecule has 2 rings (SSSR count). The Hall–Kier alpha value is -0.990. The highest BCUT2D eigenvalue weighted by Crippen LogP contribution is 2.23. The summed E-state index contributed by atoms with van der Waals surface area (Å²) in [6, 6.07) is 0.119. The number of hydrogen-bond acceptors (Lipinski definition) is 6. The topological polar surface area (TPSA) is 88.2 Å². The maximum absolute atomic E-state index is 11.9. The van der Waals surface area contributed by atoms with Crippen molar-refractivity contribution in [3.05, 3.63) is 11.1 Å². The molecule has 0 aliphatic carbocycles. The minimum Gasteiger partial charge on any atom is -0.312 e. The van der Waals surface area contributed by atoms with Crippen molar-refractivity contribution in [2.75, 3.05) is 23.9 Å². The van der Waals surface area contributed by atoms with Crippen LogP contribution < -0.4 is 10.6 Å². The summed E-state index contributed by atoms with van der Waals surface area (Å²) in [7, 11) is -1.19. The van der Waals surface area contributed by atoms with E-state index in [4.69, 9.17) is 0 Å². The molecular weight excluding hydrogens is 286 g/mol. The molecule has 6 nitrogen and oxygen atoms in total. The molecule has 8 heteroatoms. The summed E-state index contributed by atoms with van der Waals surface area (Å²) in [5, 5.41) is 8.16. The first-order valence-electron chi connectivity index (χ1n) is 6.05. The van der Waals surface area contributed by atoms with Crippen molar-refractivity contribution in [2.45, 2.75) is 19.4 Å². The van der Waals surface area contributed by atoms with Gasteiger partial charge in [-0.05, 0) is 20.4 Å². The van der Waals surface area contributed by atoms with Crippen LogP contribution in [0.3, 0.4) is 0 Å². The highest BCUT2D eigenvalue weighted by Gasteiger charge is 2.33. The van der Waals surface area contributed by atoms with Gasteiger partial charge in [0, 0.05) is 11.4 Å². The quantitative estimate of drug-likeness (QED) is 0.859. The normalized spacial score (nSPS) is 23.2. The van der Waals surface area contributed by atoms with Crippen molar-refractivity contribution in [1.82, 2.24) is 10.3 Å². The van der Waals surface area contributed by atoms with Crippen LogP contribution in [0.5, 0.6) is 0 Å². The number of hydrogen-bond donors (Lipinski definition) is 2. The number of amides is 1. The van der Waals surface area contributed by atoms with Gasteiger partial charge in [0.25, 0.3) is 0 Å². The molecule has 106 valence electrons. The fourth-order valence-corrected chi connectivity index (χ4v) is 4.45. The smallest absolute Gasteiger partial charge is 0.230 e. The van der Waals surface area contributed by atoms with Gasteiger partial charge in [0.05, 0.1) is 23.1 Å². The summed E-state index contributed by atoms with van der Waals surface area (Å²) in [5.74, 6) is -0.646. The van der Waals surface area contributed by atoms with Crippen LogP contribution >= 0.6 is 11.3 Å². The lowest BCUT2D eigenvalue weighted by Crippen LogP contribution is -2.23. The van der Waals surface area contributed by atoms with E-state index in [9.17, 15) is 13.2 Å². The minimum absolute atomic E-state index is 0.0516. The second-order valence-electron chi connectivity index (χ2n) is 4.68. The first kappa shape index (κ1) is 14.4. The number of sulfone groups is 1. The number of nitrogens with zero attached hydrogens (tertiary/aromatic N) is 1. The van der Waals surface area contributed by atoms with Gasteiger partial charge in [-0.1, -0.05) is 0 Å². The van der Waals surface area contributed by atoms with Crippen molar-refractivity contribution >= 4 is 32.2 Å². The maximum atomic E-state index is 11.9. The van der Waals surface area contributed by atoms with Crippen molar-refractivity contribution in [2.24, 2.45) is 5.92 Å². The molecule has 19 heavy (non-hydrogen) atoms.